The van der Waals surface area contributed by atoms with E-state index in [1.54, 1.807) is 0 Å². The minimum Gasteiger partial charge on any atom is -0.308 e. The van der Waals surface area contributed by atoms with Crippen molar-refractivity contribution in [2.75, 3.05) is 4.90 Å². The van der Waals surface area contributed by atoms with Gasteiger partial charge in [-0.3, -0.25) is 4.40 Å². The van der Waals surface area contributed by atoms with Gasteiger partial charge >= 0.3 is 0 Å². The van der Waals surface area contributed by atoms with Crippen molar-refractivity contribution >= 4 is 115 Å². The zero-order valence-electron chi connectivity index (χ0n) is 35.3. The van der Waals surface area contributed by atoms with Gasteiger partial charge in [-0.05, 0) is 87.3 Å². The Morgan fingerprint density at radius 1 is 0.410 bits per heavy atom. The Morgan fingerprint density at radius 3 is 1.57 bits per heavy atom. The van der Waals surface area contributed by atoms with Gasteiger partial charge in [-0.15, -0.1) is 0 Å². The Kier molecular flexibility index (Phi) is 6.69. The summed E-state index contributed by atoms with van der Waals surface area (Å²) < 4.78 is 5.06. The SMILES string of the molecule is CC(C)(C)c1cc2c3cc4ccccc4c(N(c4ccccc4)c4ccccc4)c3n3c4ncc5c(c6cc(C(C)(C)C)cc7c8ccc9ccccc9c8n5c76)c4c(c1)c23. The molecule has 5 aromatic heterocycles. The van der Waals surface area contributed by atoms with Crippen LogP contribution >= 0.6 is 0 Å². The molecule has 0 aliphatic rings. The Morgan fingerprint density at radius 2 is 0.918 bits per heavy atom. The van der Waals surface area contributed by atoms with Crippen molar-refractivity contribution in [3.63, 3.8) is 0 Å². The smallest absolute Gasteiger partial charge is 0.146 e. The predicted octanol–water partition coefficient (Wildman–Crippen LogP) is 15.8. The van der Waals surface area contributed by atoms with Crippen LogP contribution in [0.3, 0.4) is 0 Å². The molecule has 4 heteroatoms. The zero-order valence-corrected chi connectivity index (χ0v) is 35.3. The highest BCUT2D eigenvalue weighted by atomic mass is 15.2. The molecule has 8 aromatic carbocycles. The Hall–Kier alpha value is -7.17. The number of hydrogen-bond acceptors (Lipinski definition) is 2. The van der Waals surface area contributed by atoms with Gasteiger partial charge in [0.1, 0.15) is 5.65 Å². The lowest BCUT2D eigenvalue weighted by atomic mass is 9.84. The van der Waals surface area contributed by atoms with Crippen LogP contribution in [0.5, 0.6) is 0 Å². The molecular formula is C57H44N4. The van der Waals surface area contributed by atoms with E-state index in [9.17, 15) is 0 Å². The first-order valence-electron chi connectivity index (χ1n) is 21.6. The molecule has 0 saturated heterocycles. The number of rotatable bonds is 3. The Balaban J connectivity index is 1.31. The number of aromatic nitrogens is 3. The van der Waals surface area contributed by atoms with Crippen molar-refractivity contribution in [2.45, 2.75) is 52.4 Å². The normalized spacial score (nSPS) is 13.1. The quantitative estimate of drug-likeness (QED) is 0.178. The highest BCUT2D eigenvalue weighted by Gasteiger charge is 2.31. The van der Waals surface area contributed by atoms with E-state index in [2.05, 4.69) is 213 Å². The first-order chi connectivity index (χ1) is 29.6. The van der Waals surface area contributed by atoms with Crippen molar-refractivity contribution in [1.82, 2.24) is 13.8 Å². The van der Waals surface area contributed by atoms with Crippen LogP contribution in [0.4, 0.5) is 17.1 Å². The van der Waals surface area contributed by atoms with Crippen molar-refractivity contribution in [3.05, 3.63) is 169 Å². The summed E-state index contributed by atoms with van der Waals surface area (Å²) in [5, 5.41) is 15.1. The number of fused-ring (bicyclic) bond motifs is 16. The lowest BCUT2D eigenvalue weighted by Crippen LogP contribution is -2.11. The van der Waals surface area contributed by atoms with Crippen molar-refractivity contribution in [3.8, 4) is 0 Å². The largest absolute Gasteiger partial charge is 0.308 e. The maximum absolute atomic E-state index is 5.64. The van der Waals surface area contributed by atoms with Crippen LogP contribution in [0.25, 0.3) is 97.9 Å². The third-order valence-corrected chi connectivity index (χ3v) is 13.6. The lowest BCUT2D eigenvalue weighted by molar-refractivity contribution is 0.591. The molecule has 0 fully saturated rings. The Bertz CT molecular complexity index is 3890. The van der Waals surface area contributed by atoms with Gasteiger partial charge in [0.05, 0.1) is 39.5 Å². The molecule has 0 amide bonds. The van der Waals surface area contributed by atoms with Crippen LogP contribution in [-0.2, 0) is 10.8 Å². The van der Waals surface area contributed by atoms with Gasteiger partial charge in [0.2, 0.25) is 0 Å². The predicted molar refractivity (Wildman–Crippen MR) is 261 cm³/mol. The molecule has 0 aliphatic carbocycles. The first kappa shape index (κ1) is 34.7. The molecule has 13 rings (SSSR count). The summed E-state index contributed by atoms with van der Waals surface area (Å²) in [4.78, 5) is 8.10. The zero-order chi connectivity index (χ0) is 41.1. The monoisotopic (exact) mass is 784 g/mol. The van der Waals surface area contributed by atoms with Crippen LogP contribution in [0, 0.1) is 0 Å². The topological polar surface area (TPSA) is 24.9 Å². The van der Waals surface area contributed by atoms with Gasteiger partial charge in [0.25, 0.3) is 0 Å². The van der Waals surface area contributed by atoms with E-state index in [-0.39, 0.29) is 10.8 Å². The van der Waals surface area contributed by atoms with Gasteiger partial charge in [-0.25, -0.2) is 4.98 Å². The molecule has 0 unspecified atom stereocenters. The molecule has 61 heavy (non-hydrogen) atoms. The van der Waals surface area contributed by atoms with Crippen LogP contribution in [0.1, 0.15) is 52.7 Å². The molecular weight excluding hydrogens is 741 g/mol. The molecule has 0 spiro atoms. The second-order valence-corrected chi connectivity index (χ2v) is 19.3. The highest BCUT2D eigenvalue weighted by molar-refractivity contribution is 6.37. The van der Waals surface area contributed by atoms with Crippen LogP contribution < -0.4 is 4.90 Å². The van der Waals surface area contributed by atoms with E-state index in [1.165, 1.54) is 97.8 Å². The number of para-hydroxylation sites is 2. The third-order valence-electron chi connectivity index (χ3n) is 13.6. The van der Waals surface area contributed by atoms with E-state index in [1.807, 2.05) is 0 Å². The number of pyridine rings is 1. The molecule has 0 atom stereocenters. The molecule has 0 aliphatic heterocycles. The van der Waals surface area contributed by atoms with E-state index in [0.29, 0.717) is 0 Å². The summed E-state index contributed by atoms with van der Waals surface area (Å²) in [7, 11) is 0. The fourth-order valence-corrected chi connectivity index (χ4v) is 10.7. The standard InChI is InChI=1S/C57H44N4/c1-56(2,3)35-28-43-41-26-25-33-17-13-15-23-39(33)50(41)60-47-32-58-55-49(48(47)45(30-35)51(43)60)46-31-36(57(4,5)6)29-44-42-27-34-18-14-16-24-40(34)53(54(42)61(55)52(44)46)59(37-19-9-7-10-20-37)38-21-11-8-12-22-38/h7-32H,1-6H3. The second kappa shape index (κ2) is 11.8. The van der Waals surface area contributed by atoms with Crippen LogP contribution in [-0.4, -0.2) is 13.8 Å². The maximum Gasteiger partial charge on any atom is 0.146 e. The van der Waals surface area contributed by atoms with Crippen LogP contribution in [0.2, 0.25) is 0 Å². The first-order valence-corrected chi connectivity index (χ1v) is 21.6. The van der Waals surface area contributed by atoms with Gasteiger partial charge in [0.15, 0.2) is 0 Å². The molecule has 4 nitrogen and oxygen atoms in total. The number of anilines is 3. The highest BCUT2D eigenvalue weighted by Crippen LogP contribution is 2.52. The lowest BCUT2D eigenvalue weighted by Gasteiger charge is -2.28. The summed E-state index contributed by atoms with van der Waals surface area (Å²) >= 11 is 0. The summed E-state index contributed by atoms with van der Waals surface area (Å²) in [5.41, 5.74) is 13.0. The van der Waals surface area contributed by atoms with Crippen LogP contribution in [0.15, 0.2) is 158 Å². The van der Waals surface area contributed by atoms with Gasteiger partial charge in [-0.2, -0.15) is 0 Å². The van der Waals surface area contributed by atoms with Crippen molar-refractivity contribution in [1.29, 1.82) is 0 Å². The average Bonchev–Trinajstić information content (AvgIpc) is 3.99. The molecule has 0 saturated carbocycles. The van der Waals surface area contributed by atoms with Gasteiger partial charge in [0, 0.05) is 65.2 Å². The Labute approximate surface area is 353 Å². The summed E-state index contributed by atoms with van der Waals surface area (Å²) in [5.74, 6) is 0. The van der Waals surface area contributed by atoms with E-state index >= 15 is 0 Å². The van der Waals surface area contributed by atoms with Crippen molar-refractivity contribution < 1.29 is 0 Å². The third kappa shape index (κ3) is 4.57. The van der Waals surface area contributed by atoms with Gasteiger partial charge < -0.3 is 9.30 Å². The molecule has 13 aromatic rings. The van der Waals surface area contributed by atoms with E-state index in [0.717, 1.165) is 28.2 Å². The number of hydrogen-bond donors (Lipinski definition) is 0. The van der Waals surface area contributed by atoms with Gasteiger partial charge in [-0.1, -0.05) is 139 Å². The fourth-order valence-electron chi connectivity index (χ4n) is 10.7. The summed E-state index contributed by atoms with van der Waals surface area (Å²) in [6.45, 7) is 14.1. The maximum atomic E-state index is 5.64. The molecule has 0 N–H and O–H groups in total. The minimum absolute atomic E-state index is 0.0515. The van der Waals surface area contributed by atoms with E-state index in [4.69, 9.17) is 4.98 Å². The fraction of sp³-hybridized carbons (Fsp3) is 0.140. The average molecular weight is 785 g/mol. The number of nitrogens with zero attached hydrogens (tertiary/aromatic N) is 4. The molecule has 5 heterocycles. The number of benzene rings is 8. The summed E-state index contributed by atoms with van der Waals surface area (Å²) in [6, 6.07) is 56.4. The molecule has 0 radical (unpaired) electrons. The summed E-state index contributed by atoms with van der Waals surface area (Å²) in [6.07, 6.45) is 2.17. The molecule has 0 bridgehead atoms. The van der Waals surface area contributed by atoms with E-state index < -0.39 is 0 Å². The van der Waals surface area contributed by atoms with Crippen molar-refractivity contribution in [2.24, 2.45) is 0 Å². The second-order valence-electron chi connectivity index (χ2n) is 19.3. The molecule has 292 valence electrons. The minimum atomic E-state index is -0.0904.